The Labute approximate surface area is 123 Å². The summed E-state index contributed by atoms with van der Waals surface area (Å²) in [5.74, 6) is 0.824. The maximum absolute atomic E-state index is 5.64. The molecule has 6 heteroatoms. The summed E-state index contributed by atoms with van der Waals surface area (Å²) >= 11 is 1.47. The first-order valence-electron chi connectivity index (χ1n) is 6.49. The summed E-state index contributed by atoms with van der Waals surface area (Å²) in [5.41, 5.74) is 1.04. The van der Waals surface area contributed by atoms with E-state index in [1.807, 2.05) is 24.3 Å². The first kappa shape index (κ1) is 14.7. The molecule has 1 N–H and O–H groups in total. The van der Waals surface area contributed by atoms with Crippen LogP contribution < -0.4 is 14.8 Å². The maximum Gasteiger partial charge on any atom is 0.294 e. The Balaban J connectivity index is 1.87. The summed E-state index contributed by atoms with van der Waals surface area (Å²) in [5, 5.41) is 12.9. The van der Waals surface area contributed by atoms with Crippen LogP contribution in [0.1, 0.15) is 24.4 Å². The van der Waals surface area contributed by atoms with Gasteiger partial charge in [-0.25, -0.2) is 0 Å². The zero-order chi connectivity index (χ0) is 14.4. The van der Waals surface area contributed by atoms with Crippen molar-refractivity contribution in [1.29, 1.82) is 0 Å². The van der Waals surface area contributed by atoms with E-state index in [-0.39, 0.29) is 0 Å². The third kappa shape index (κ3) is 4.47. The van der Waals surface area contributed by atoms with E-state index in [4.69, 9.17) is 9.47 Å². The highest BCUT2D eigenvalue weighted by Crippen LogP contribution is 2.20. The molecule has 0 fully saturated rings. The lowest BCUT2D eigenvalue weighted by Crippen LogP contribution is -2.21. The van der Waals surface area contributed by atoms with E-state index in [2.05, 4.69) is 29.4 Å². The number of hydrogen-bond donors (Lipinski definition) is 1. The van der Waals surface area contributed by atoms with Gasteiger partial charge in [-0.1, -0.05) is 42.4 Å². The highest BCUT2D eigenvalue weighted by Gasteiger charge is 2.06. The summed E-state index contributed by atoms with van der Waals surface area (Å²) in [6, 6.07) is 8.22. The Morgan fingerprint density at radius 3 is 2.90 bits per heavy atom. The quantitative estimate of drug-likeness (QED) is 0.850. The van der Waals surface area contributed by atoms with Crippen LogP contribution in [0.5, 0.6) is 10.9 Å². The van der Waals surface area contributed by atoms with Crippen molar-refractivity contribution in [3.63, 3.8) is 0 Å². The molecule has 2 rings (SSSR count). The molecule has 0 bridgehead atoms. The molecule has 1 aromatic heterocycles. The predicted octanol–water partition coefficient (Wildman–Crippen LogP) is 2.62. The molecular weight excluding hydrogens is 274 g/mol. The second-order valence-corrected chi connectivity index (χ2v) is 5.66. The van der Waals surface area contributed by atoms with Crippen LogP contribution in [-0.4, -0.2) is 23.3 Å². The van der Waals surface area contributed by atoms with Crippen molar-refractivity contribution in [2.45, 2.75) is 33.0 Å². The lowest BCUT2D eigenvalue weighted by atomic mass is 10.2. The Kier molecular flexibility index (Phi) is 5.31. The van der Waals surface area contributed by atoms with Crippen molar-refractivity contribution in [2.24, 2.45) is 0 Å². The topological polar surface area (TPSA) is 56.3 Å². The first-order valence-corrected chi connectivity index (χ1v) is 7.30. The molecule has 0 unspecified atom stereocenters. The highest BCUT2D eigenvalue weighted by atomic mass is 32.1. The maximum atomic E-state index is 5.64. The fraction of sp³-hybridized carbons (Fsp3) is 0.429. The lowest BCUT2D eigenvalue weighted by molar-refractivity contribution is 0.301. The Hall–Kier alpha value is -1.66. The van der Waals surface area contributed by atoms with Crippen LogP contribution in [0.25, 0.3) is 0 Å². The molecule has 20 heavy (non-hydrogen) atoms. The number of ether oxygens (including phenoxy) is 2. The van der Waals surface area contributed by atoms with Gasteiger partial charge in [0.05, 0.1) is 13.7 Å². The van der Waals surface area contributed by atoms with Crippen molar-refractivity contribution in [2.75, 3.05) is 7.11 Å². The van der Waals surface area contributed by atoms with E-state index >= 15 is 0 Å². The Bertz CT molecular complexity index is 543. The number of hydrogen-bond acceptors (Lipinski definition) is 6. The first-order chi connectivity index (χ1) is 9.67. The van der Waals surface area contributed by atoms with E-state index in [0.29, 0.717) is 17.8 Å². The molecule has 5 nitrogen and oxygen atoms in total. The monoisotopic (exact) mass is 293 g/mol. The zero-order valence-electron chi connectivity index (χ0n) is 11.9. The average molecular weight is 293 g/mol. The number of methoxy groups -OCH3 is 1. The molecule has 1 aromatic carbocycles. The van der Waals surface area contributed by atoms with Gasteiger partial charge in [0.2, 0.25) is 0 Å². The van der Waals surface area contributed by atoms with Gasteiger partial charge < -0.3 is 14.8 Å². The third-order valence-electron chi connectivity index (χ3n) is 2.61. The van der Waals surface area contributed by atoms with Gasteiger partial charge in [-0.2, -0.15) is 0 Å². The minimum absolute atomic E-state index is 0.431. The molecular formula is C14H19N3O2S. The average Bonchev–Trinajstić information content (AvgIpc) is 2.91. The van der Waals surface area contributed by atoms with E-state index in [1.54, 1.807) is 7.11 Å². The fourth-order valence-corrected chi connectivity index (χ4v) is 2.20. The largest absolute Gasteiger partial charge is 0.497 e. The summed E-state index contributed by atoms with van der Waals surface area (Å²) in [7, 11) is 1.65. The van der Waals surface area contributed by atoms with Crippen molar-refractivity contribution in [3.8, 4) is 10.9 Å². The molecule has 0 saturated carbocycles. The number of nitrogens with one attached hydrogen (secondary N) is 1. The van der Waals surface area contributed by atoms with Gasteiger partial charge in [0.1, 0.15) is 17.4 Å². The minimum atomic E-state index is 0.431. The van der Waals surface area contributed by atoms with E-state index < -0.39 is 0 Å². The minimum Gasteiger partial charge on any atom is -0.497 e. The van der Waals surface area contributed by atoms with Gasteiger partial charge in [-0.15, -0.1) is 5.10 Å². The van der Waals surface area contributed by atoms with Gasteiger partial charge in [0.25, 0.3) is 5.19 Å². The smallest absolute Gasteiger partial charge is 0.294 e. The van der Waals surface area contributed by atoms with Crippen molar-refractivity contribution >= 4 is 11.3 Å². The van der Waals surface area contributed by atoms with Crippen molar-refractivity contribution < 1.29 is 9.47 Å². The van der Waals surface area contributed by atoms with Gasteiger partial charge in [0.15, 0.2) is 0 Å². The second kappa shape index (κ2) is 7.21. The van der Waals surface area contributed by atoms with Crippen LogP contribution in [0.15, 0.2) is 24.3 Å². The van der Waals surface area contributed by atoms with Gasteiger partial charge >= 0.3 is 0 Å². The summed E-state index contributed by atoms with van der Waals surface area (Å²) in [6.45, 7) is 5.38. The van der Waals surface area contributed by atoms with E-state index in [1.165, 1.54) is 11.3 Å². The molecule has 0 atom stereocenters. The van der Waals surface area contributed by atoms with Gasteiger partial charge in [-0.05, 0) is 17.7 Å². The van der Waals surface area contributed by atoms with Crippen LogP contribution in [0.4, 0.5) is 0 Å². The number of benzene rings is 1. The molecule has 0 saturated heterocycles. The van der Waals surface area contributed by atoms with Crippen molar-refractivity contribution in [3.05, 3.63) is 34.8 Å². The molecule has 0 aliphatic heterocycles. The van der Waals surface area contributed by atoms with Crippen LogP contribution in [-0.2, 0) is 13.2 Å². The Morgan fingerprint density at radius 2 is 2.15 bits per heavy atom. The summed E-state index contributed by atoms with van der Waals surface area (Å²) in [6.07, 6.45) is 0. The third-order valence-corrected chi connectivity index (χ3v) is 3.44. The summed E-state index contributed by atoms with van der Waals surface area (Å²) < 4.78 is 10.8. The van der Waals surface area contributed by atoms with Crippen LogP contribution in [0.2, 0.25) is 0 Å². The molecule has 0 amide bonds. The molecule has 1 heterocycles. The molecule has 0 radical (unpaired) electrons. The van der Waals surface area contributed by atoms with Crippen LogP contribution >= 0.6 is 11.3 Å². The highest BCUT2D eigenvalue weighted by molar-refractivity contribution is 7.13. The SMILES string of the molecule is COc1cccc(COc2nnc(CNC(C)C)s2)c1. The fourth-order valence-electron chi connectivity index (χ4n) is 1.57. The van der Waals surface area contributed by atoms with Gasteiger partial charge in [-0.3, -0.25) is 0 Å². The van der Waals surface area contributed by atoms with Crippen LogP contribution in [0.3, 0.4) is 0 Å². The lowest BCUT2D eigenvalue weighted by Gasteiger charge is -2.05. The number of aromatic nitrogens is 2. The van der Waals surface area contributed by atoms with Crippen molar-refractivity contribution in [1.82, 2.24) is 15.5 Å². The Morgan fingerprint density at radius 1 is 1.30 bits per heavy atom. The molecule has 0 aliphatic carbocycles. The van der Waals surface area contributed by atoms with E-state index in [9.17, 15) is 0 Å². The standard InChI is InChI=1S/C14H19N3O2S/c1-10(2)15-8-13-16-17-14(20-13)19-9-11-5-4-6-12(7-11)18-3/h4-7,10,15H,8-9H2,1-3H3. The second-order valence-electron chi connectivity index (χ2n) is 4.64. The normalized spacial score (nSPS) is 10.8. The van der Waals surface area contributed by atoms with Gasteiger partial charge in [0, 0.05) is 6.04 Å². The van der Waals surface area contributed by atoms with Crippen LogP contribution in [0, 0.1) is 0 Å². The predicted molar refractivity (Wildman–Crippen MR) is 79.2 cm³/mol. The number of rotatable bonds is 7. The molecule has 2 aromatic rings. The molecule has 0 aliphatic rings. The zero-order valence-corrected chi connectivity index (χ0v) is 12.7. The molecule has 0 spiro atoms. The van der Waals surface area contributed by atoms with E-state index in [0.717, 1.165) is 22.9 Å². The summed E-state index contributed by atoms with van der Waals surface area (Å²) in [4.78, 5) is 0. The number of nitrogens with zero attached hydrogens (tertiary/aromatic N) is 2. The molecule has 108 valence electrons.